The van der Waals surface area contributed by atoms with Gasteiger partial charge in [0.15, 0.2) is 0 Å². The first-order valence-corrected chi connectivity index (χ1v) is 4.05. The van der Waals surface area contributed by atoms with Crippen molar-refractivity contribution < 1.29 is 4.92 Å². The fourth-order valence-corrected chi connectivity index (χ4v) is 1.19. The maximum Gasteiger partial charge on any atom is 0.235 e. The number of halogens is 1. The van der Waals surface area contributed by atoms with Gasteiger partial charge in [-0.2, -0.15) is 0 Å². The molecule has 0 aliphatic rings. The Morgan fingerprint density at radius 3 is 2.77 bits per heavy atom. The molecule has 68 valence electrons. The highest BCUT2D eigenvalue weighted by molar-refractivity contribution is 6.30. The van der Waals surface area contributed by atoms with E-state index in [-0.39, 0.29) is 0 Å². The minimum atomic E-state index is -0.492. The molecule has 0 atom stereocenters. The Bertz CT molecular complexity index is 361. The SMILES string of the molecule is Cc1cc(Cl)ccc1/C=C/[N+](=O)[O-]. The van der Waals surface area contributed by atoms with Crippen molar-refractivity contribution in [2.45, 2.75) is 6.92 Å². The van der Waals surface area contributed by atoms with E-state index >= 15 is 0 Å². The third-order valence-corrected chi connectivity index (χ3v) is 1.84. The zero-order valence-electron chi connectivity index (χ0n) is 7.03. The summed E-state index contributed by atoms with van der Waals surface area (Å²) in [6, 6.07) is 5.22. The van der Waals surface area contributed by atoms with Gasteiger partial charge in [0.2, 0.25) is 6.20 Å². The van der Waals surface area contributed by atoms with Crippen molar-refractivity contribution in [2.24, 2.45) is 0 Å². The summed E-state index contributed by atoms with van der Waals surface area (Å²) in [5.74, 6) is 0. The molecule has 0 aliphatic carbocycles. The normalized spacial score (nSPS) is 10.6. The first-order valence-electron chi connectivity index (χ1n) is 3.67. The molecule has 0 radical (unpaired) electrons. The molecule has 1 aromatic carbocycles. The van der Waals surface area contributed by atoms with E-state index in [2.05, 4.69) is 0 Å². The fraction of sp³-hybridized carbons (Fsp3) is 0.111. The first-order chi connectivity index (χ1) is 6.09. The van der Waals surface area contributed by atoms with Gasteiger partial charge in [0.05, 0.1) is 4.92 Å². The molecule has 1 aromatic rings. The van der Waals surface area contributed by atoms with E-state index in [0.29, 0.717) is 5.02 Å². The average Bonchev–Trinajstić information content (AvgIpc) is 2.02. The second kappa shape index (κ2) is 4.05. The Balaban J connectivity index is 2.96. The molecule has 0 N–H and O–H groups in total. The molecule has 0 spiro atoms. The van der Waals surface area contributed by atoms with Crippen LogP contribution in [0.15, 0.2) is 24.4 Å². The van der Waals surface area contributed by atoms with E-state index in [9.17, 15) is 10.1 Å². The van der Waals surface area contributed by atoms with E-state index in [1.165, 1.54) is 6.08 Å². The molecule has 0 saturated heterocycles. The summed E-state index contributed by atoms with van der Waals surface area (Å²) >= 11 is 5.72. The van der Waals surface area contributed by atoms with Crippen molar-refractivity contribution in [1.29, 1.82) is 0 Å². The lowest BCUT2D eigenvalue weighted by Gasteiger charge is -1.98. The minimum absolute atomic E-state index is 0.492. The van der Waals surface area contributed by atoms with Crippen LogP contribution in [0.25, 0.3) is 6.08 Å². The zero-order chi connectivity index (χ0) is 9.84. The Morgan fingerprint density at radius 1 is 1.54 bits per heavy atom. The number of hydrogen-bond donors (Lipinski definition) is 0. The Hall–Kier alpha value is -1.35. The van der Waals surface area contributed by atoms with E-state index in [0.717, 1.165) is 17.3 Å². The van der Waals surface area contributed by atoms with Crippen LogP contribution in [0.5, 0.6) is 0 Å². The Morgan fingerprint density at radius 2 is 2.23 bits per heavy atom. The molecular weight excluding hydrogens is 190 g/mol. The summed E-state index contributed by atoms with van der Waals surface area (Å²) in [4.78, 5) is 9.55. The van der Waals surface area contributed by atoms with E-state index in [1.54, 1.807) is 18.2 Å². The number of rotatable bonds is 2. The number of benzene rings is 1. The number of nitrogens with zero attached hydrogens (tertiary/aromatic N) is 1. The van der Waals surface area contributed by atoms with Gasteiger partial charge >= 0.3 is 0 Å². The van der Waals surface area contributed by atoms with Crippen molar-refractivity contribution in [3.63, 3.8) is 0 Å². The molecule has 0 heterocycles. The standard InChI is InChI=1S/C9H8ClNO2/c1-7-6-9(10)3-2-8(7)4-5-11(12)13/h2-6H,1H3/b5-4+. The molecule has 0 bridgehead atoms. The molecule has 13 heavy (non-hydrogen) atoms. The molecule has 0 amide bonds. The predicted molar refractivity (Wildman–Crippen MR) is 52.2 cm³/mol. The highest BCUT2D eigenvalue weighted by atomic mass is 35.5. The van der Waals surface area contributed by atoms with Crippen LogP contribution in [-0.4, -0.2) is 4.92 Å². The molecule has 0 aliphatic heterocycles. The smallest absolute Gasteiger partial charge is 0.235 e. The quantitative estimate of drug-likeness (QED) is 0.541. The number of aryl methyl sites for hydroxylation is 1. The van der Waals surface area contributed by atoms with Gasteiger partial charge in [0.25, 0.3) is 0 Å². The van der Waals surface area contributed by atoms with Crippen molar-refractivity contribution >= 4 is 17.7 Å². The first kappa shape index (κ1) is 9.74. The summed E-state index contributed by atoms with van der Waals surface area (Å²) in [7, 11) is 0. The van der Waals surface area contributed by atoms with Crippen molar-refractivity contribution in [2.75, 3.05) is 0 Å². The van der Waals surface area contributed by atoms with Crippen LogP contribution >= 0.6 is 11.6 Å². The summed E-state index contributed by atoms with van der Waals surface area (Å²) in [6.45, 7) is 1.85. The molecule has 0 aromatic heterocycles. The zero-order valence-corrected chi connectivity index (χ0v) is 7.78. The maximum absolute atomic E-state index is 10.0. The van der Waals surface area contributed by atoms with Gasteiger partial charge < -0.3 is 0 Å². The molecular formula is C9H8ClNO2. The lowest BCUT2D eigenvalue weighted by atomic mass is 10.1. The van der Waals surface area contributed by atoms with Crippen LogP contribution in [0.3, 0.4) is 0 Å². The molecule has 1 rings (SSSR count). The highest BCUT2D eigenvalue weighted by Crippen LogP contribution is 2.16. The van der Waals surface area contributed by atoms with Crippen LogP contribution in [0, 0.1) is 17.0 Å². The van der Waals surface area contributed by atoms with E-state index < -0.39 is 4.92 Å². The summed E-state index contributed by atoms with van der Waals surface area (Å²) in [5, 5.41) is 10.7. The van der Waals surface area contributed by atoms with Crippen LogP contribution < -0.4 is 0 Å². The van der Waals surface area contributed by atoms with Gasteiger partial charge in [-0.1, -0.05) is 17.7 Å². The monoisotopic (exact) mass is 197 g/mol. The fourth-order valence-electron chi connectivity index (χ4n) is 0.967. The Labute approximate surface area is 80.8 Å². The van der Waals surface area contributed by atoms with Crippen LogP contribution in [0.4, 0.5) is 0 Å². The maximum atomic E-state index is 10.0. The third kappa shape index (κ3) is 2.87. The lowest BCUT2D eigenvalue weighted by molar-refractivity contribution is -0.400. The largest absolute Gasteiger partial charge is 0.259 e. The number of nitro groups is 1. The molecule has 4 heteroatoms. The summed E-state index contributed by atoms with van der Waals surface area (Å²) in [5.41, 5.74) is 1.73. The van der Waals surface area contributed by atoms with Gasteiger partial charge in [-0.05, 0) is 30.2 Å². The third-order valence-electron chi connectivity index (χ3n) is 1.61. The van der Waals surface area contributed by atoms with Gasteiger partial charge in [-0.15, -0.1) is 0 Å². The molecule has 0 unspecified atom stereocenters. The van der Waals surface area contributed by atoms with Crippen molar-refractivity contribution in [1.82, 2.24) is 0 Å². The molecule has 3 nitrogen and oxygen atoms in total. The van der Waals surface area contributed by atoms with E-state index in [1.807, 2.05) is 6.92 Å². The molecule has 0 saturated carbocycles. The minimum Gasteiger partial charge on any atom is -0.259 e. The predicted octanol–water partition coefficient (Wildman–Crippen LogP) is 2.90. The summed E-state index contributed by atoms with van der Waals surface area (Å²) < 4.78 is 0. The second-order valence-electron chi connectivity index (χ2n) is 2.60. The van der Waals surface area contributed by atoms with Crippen molar-refractivity contribution in [3.8, 4) is 0 Å². The highest BCUT2D eigenvalue weighted by Gasteiger charge is 1.96. The van der Waals surface area contributed by atoms with E-state index in [4.69, 9.17) is 11.6 Å². The topological polar surface area (TPSA) is 43.1 Å². The lowest BCUT2D eigenvalue weighted by Crippen LogP contribution is -1.84. The van der Waals surface area contributed by atoms with Crippen molar-refractivity contribution in [3.05, 3.63) is 50.7 Å². The average molecular weight is 198 g/mol. The van der Waals surface area contributed by atoms with Crippen LogP contribution in [-0.2, 0) is 0 Å². The molecule has 0 fully saturated rings. The van der Waals surface area contributed by atoms with Gasteiger partial charge in [-0.3, -0.25) is 10.1 Å². The van der Waals surface area contributed by atoms with Crippen LogP contribution in [0.2, 0.25) is 5.02 Å². The second-order valence-corrected chi connectivity index (χ2v) is 3.04. The Kier molecular flexibility index (Phi) is 3.03. The van der Waals surface area contributed by atoms with Gasteiger partial charge in [0.1, 0.15) is 0 Å². The number of hydrogen-bond acceptors (Lipinski definition) is 2. The van der Waals surface area contributed by atoms with Crippen LogP contribution in [0.1, 0.15) is 11.1 Å². The summed E-state index contributed by atoms with van der Waals surface area (Å²) in [6.07, 6.45) is 2.36. The van der Waals surface area contributed by atoms with Gasteiger partial charge in [0, 0.05) is 11.1 Å². The van der Waals surface area contributed by atoms with Gasteiger partial charge in [-0.25, -0.2) is 0 Å².